The molecule has 3 amide bonds. The van der Waals surface area contributed by atoms with Crippen molar-refractivity contribution in [2.75, 3.05) is 44.3 Å². The van der Waals surface area contributed by atoms with Crippen molar-refractivity contribution in [3.05, 3.63) is 52.6 Å². The minimum atomic E-state index is -0.602. The number of anilines is 1. The summed E-state index contributed by atoms with van der Waals surface area (Å²) < 4.78 is 12.0. The van der Waals surface area contributed by atoms with Gasteiger partial charge in [-0.1, -0.05) is 6.07 Å². The second-order valence-corrected chi connectivity index (χ2v) is 11.5. The minimum Gasteiger partial charge on any atom is -0.492 e. The summed E-state index contributed by atoms with van der Waals surface area (Å²) in [5.41, 5.74) is 5.22. The van der Waals surface area contributed by atoms with E-state index in [1.54, 1.807) is 4.90 Å². The number of likely N-dealkylation sites (tertiary alicyclic amines) is 1. The quantitative estimate of drug-likeness (QED) is 0.608. The van der Waals surface area contributed by atoms with E-state index >= 15 is 0 Å². The highest BCUT2D eigenvalue weighted by molar-refractivity contribution is 6.05. The number of rotatable bonds is 4. The lowest BCUT2D eigenvalue weighted by Gasteiger charge is -2.39. The highest BCUT2D eigenvalue weighted by Gasteiger charge is 2.46. The number of nitrogens with one attached hydrogen (secondary N) is 1. The van der Waals surface area contributed by atoms with Gasteiger partial charge in [-0.3, -0.25) is 24.6 Å². The fourth-order valence-corrected chi connectivity index (χ4v) is 6.98. The molecule has 9 nitrogen and oxygen atoms in total. The number of carbonyl (C=O) groups excluding carboxylic acids is 3. The Morgan fingerprint density at radius 1 is 1.03 bits per heavy atom. The summed E-state index contributed by atoms with van der Waals surface area (Å²) in [6, 6.07) is 10.0. The third-order valence-corrected chi connectivity index (χ3v) is 9.28. The van der Waals surface area contributed by atoms with Crippen molar-refractivity contribution in [1.29, 1.82) is 0 Å². The van der Waals surface area contributed by atoms with Gasteiger partial charge in [0.15, 0.2) is 0 Å². The number of carbonyl (C=O) groups is 3. The van der Waals surface area contributed by atoms with Crippen LogP contribution in [-0.2, 0) is 28.1 Å². The van der Waals surface area contributed by atoms with Crippen LogP contribution in [0, 0.1) is 0 Å². The van der Waals surface area contributed by atoms with Crippen LogP contribution in [0.3, 0.4) is 0 Å². The van der Waals surface area contributed by atoms with Gasteiger partial charge < -0.3 is 19.3 Å². The maximum atomic E-state index is 13.2. The third-order valence-electron chi connectivity index (χ3n) is 9.28. The molecule has 1 N–H and O–H groups in total. The number of hydrogen-bond donors (Lipinski definition) is 1. The lowest BCUT2D eigenvalue weighted by Crippen LogP contribution is -2.52. The average molecular weight is 531 g/mol. The lowest BCUT2D eigenvalue weighted by molar-refractivity contribution is -0.136. The molecule has 1 spiro atoms. The molecule has 0 radical (unpaired) electrons. The summed E-state index contributed by atoms with van der Waals surface area (Å²) in [6.07, 6.45) is 2.62. The summed E-state index contributed by atoms with van der Waals surface area (Å²) in [7, 11) is 0. The third kappa shape index (κ3) is 4.06. The molecule has 5 aliphatic heterocycles. The highest BCUT2D eigenvalue weighted by atomic mass is 16.5. The van der Waals surface area contributed by atoms with Crippen LogP contribution < -0.4 is 19.7 Å². The van der Waals surface area contributed by atoms with Gasteiger partial charge in [0.1, 0.15) is 24.1 Å². The molecule has 204 valence electrons. The second-order valence-electron chi connectivity index (χ2n) is 11.5. The fraction of sp³-hybridized carbons (Fsp3) is 0.500. The smallest absolute Gasteiger partial charge is 0.255 e. The predicted molar refractivity (Wildman–Crippen MR) is 144 cm³/mol. The van der Waals surface area contributed by atoms with Gasteiger partial charge in [-0.15, -0.1) is 0 Å². The molecule has 2 saturated heterocycles. The fourth-order valence-electron chi connectivity index (χ4n) is 6.98. The van der Waals surface area contributed by atoms with Crippen LogP contribution in [0.4, 0.5) is 5.69 Å². The van der Waals surface area contributed by atoms with Crippen molar-refractivity contribution in [3.8, 4) is 11.5 Å². The maximum Gasteiger partial charge on any atom is 0.255 e. The zero-order valence-corrected chi connectivity index (χ0v) is 22.3. The van der Waals surface area contributed by atoms with Crippen molar-refractivity contribution < 1.29 is 23.9 Å². The van der Waals surface area contributed by atoms with Crippen LogP contribution in [-0.4, -0.2) is 73.0 Å². The first-order chi connectivity index (χ1) is 18.9. The standard InChI is InChI=1S/C30H34N4O5/c1-2-33-11-12-38-25-5-3-19(13-24(25)33)16-32-9-7-30(8-10-32)18-39-26-15-21-20(14-22(26)30)17-34(29(21)37)23-4-6-27(35)31-28(23)36/h3,5,13-15,23H,2,4,6-12,16-18H2,1H3,(H,31,35,36). The van der Waals surface area contributed by atoms with Gasteiger partial charge in [-0.2, -0.15) is 0 Å². The molecule has 0 aromatic heterocycles. The number of fused-ring (bicyclic) bond motifs is 4. The molecule has 2 fully saturated rings. The van der Waals surface area contributed by atoms with Crippen LogP contribution in [0.25, 0.3) is 0 Å². The van der Waals surface area contributed by atoms with E-state index in [1.807, 2.05) is 6.07 Å². The monoisotopic (exact) mass is 530 g/mol. The first kappa shape index (κ1) is 24.5. The van der Waals surface area contributed by atoms with Crippen LogP contribution in [0.15, 0.2) is 30.3 Å². The SMILES string of the molecule is CCN1CCOc2ccc(CN3CCC4(CC3)COc3cc5c(cc34)CN(C3CCC(=O)NC3=O)C5=O)cc21. The van der Waals surface area contributed by atoms with Crippen molar-refractivity contribution in [2.45, 2.75) is 57.2 Å². The van der Waals surface area contributed by atoms with Gasteiger partial charge in [-0.05, 0) is 74.7 Å². The van der Waals surface area contributed by atoms with Crippen LogP contribution >= 0.6 is 0 Å². The number of piperidine rings is 2. The van der Waals surface area contributed by atoms with E-state index in [2.05, 4.69) is 46.3 Å². The molecule has 0 bridgehead atoms. The maximum absolute atomic E-state index is 13.2. The topological polar surface area (TPSA) is 91.4 Å². The molecule has 2 aromatic rings. The van der Waals surface area contributed by atoms with E-state index < -0.39 is 6.04 Å². The molecule has 5 aliphatic rings. The van der Waals surface area contributed by atoms with E-state index in [1.165, 1.54) is 16.8 Å². The van der Waals surface area contributed by atoms with Crippen molar-refractivity contribution in [3.63, 3.8) is 0 Å². The van der Waals surface area contributed by atoms with E-state index in [-0.39, 0.29) is 29.6 Å². The zero-order valence-electron chi connectivity index (χ0n) is 22.3. The van der Waals surface area contributed by atoms with Crippen LogP contribution in [0.5, 0.6) is 11.5 Å². The molecule has 0 aliphatic carbocycles. The van der Waals surface area contributed by atoms with Crippen LogP contribution in [0.2, 0.25) is 0 Å². The number of amides is 3. The molecule has 7 rings (SSSR count). The van der Waals surface area contributed by atoms with Gasteiger partial charge >= 0.3 is 0 Å². The van der Waals surface area contributed by atoms with Crippen molar-refractivity contribution >= 4 is 23.4 Å². The largest absolute Gasteiger partial charge is 0.492 e. The van der Waals surface area contributed by atoms with E-state index in [0.29, 0.717) is 25.1 Å². The zero-order chi connectivity index (χ0) is 26.7. The Hall–Kier alpha value is -3.59. The second kappa shape index (κ2) is 9.26. The molecule has 5 heterocycles. The summed E-state index contributed by atoms with van der Waals surface area (Å²) in [5, 5.41) is 2.38. The number of hydrogen-bond acceptors (Lipinski definition) is 7. The summed E-state index contributed by atoms with van der Waals surface area (Å²) in [4.78, 5) is 43.8. The Morgan fingerprint density at radius 3 is 2.67 bits per heavy atom. The Kier molecular flexibility index (Phi) is 5.80. The normalized spacial score (nSPS) is 23.7. The van der Waals surface area contributed by atoms with Crippen molar-refractivity contribution in [1.82, 2.24) is 15.1 Å². The first-order valence-electron chi connectivity index (χ1n) is 14.1. The molecular formula is C30H34N4O5. The number of benzene rings is 2. The Morgan fingerprint density at radius 2 is 1.87 bits per heavy atom. The summed E-state index contributed by atoms with van der Waals surface area (Å²) in [5.74, 6) is 0.971. The number of likely N-dealkylation sites (N-methyl/N-ethyl adjacent to an activating group) is 1. The van der Waals surface area contributed by atoms with Gasteiger partial charge in [0.05, 0.1) is 18.8 Å². The van der Waals surface area contributed by atoms with Crippen molar-refractivity contribution in [2.24, 2.45) is 0 Å². The van der Waals surface area contributed by atoms with Gasteiger partial charge in [0, 0.05) is 42.6 Å². The van der Waals surface area contributed by atoms with E-state index in [4.69, 9.17) is 9.47 Å². The molecule has 0 saturated carbocycles. The van der Waals surface area contributed by atoms with Gasteiger partial charge in [0.2, 0.25) is 11.8 Å². The lowest BCUT2D eigenvalue weighted by atomic mass is 9.74. The van der Waals surface area contributed by atoms with Crippen LogP contribution in [0.1, 0.15) is 59.7 Å². The first-order valence-corrected chi connectivity index (χ1v) is 14.1. The predicted octanol–water partition coefficient (Wildman–Crippen LogP) is 2.59. The molecule has 1 unspecified atom stereocenters. The van der Waals surface area contributed by atoms with Gasteiger partial charge in [0.25, 0.3) is 5.91 Å². The summed E-state index contributed by atoms with van der Waals surface area (Å²) >= 11 is 0. The van der Waals surface area contributed by atoms with E-state index in [0.717, 1.165) is 69.2 Å². The number of nitrogens with zero attached hydrogens (tertiary/aromatic N) is 3. The molecular weight excluding hydrogens is 496 g/mol. The van der Waals surface area contributed by atoms with Gasteiger partial charge in [-0.25, -0.2) is 0 Å². The minimum absolute atomic E-state index is 0.0470. The summed E-state index contributed by atoms with van der Waals surface area (Å²) in [6.45, 7) is 8.74. The number of ether oxygens (including phenoxy) is 2. The average Bonchev–Trinajstić information content (AvgIpc) is 3.45. The highest BCUT2D eigenvalue weighted by Crippen LogP contribution is 2.48. The molecule has 2 aromatic carbocycles. The Labute approximate surface area is 228 Å². The molecule has 39 heavy (non-hydrogen) atoms. The molecule has 1 atom stereocenters. The Bertz CT molecular complexity index is 1370. The Balaban J connectivity index is 1.05. The number of imide groups is 1. The molecule has 9 heteroatoms. The van der Waals surface area contributed by atoms with E-state index in [9.17, 15) is 14.4 Å².